The van der Waals surface area contributed by atoms with E-state index in [1.165, 1.54) is 7.11 Å². The SMILES string of the molecule is COc1ccc2c3c([nH]c2c1OC1OC(CO)C(O)C(O)C1O)C(C)=NCC3. The quantitative estimate of drug-likeness (QED) is 0.483. The molecule has 28 heavy (non-hydrogen) atoms. The van der Waals surface area contributed by atoms with Crippen LogP contribution in [-0.4, -0.2) is 82.1 Å². The molecule has 9 heteroatoms. The smallest absolute Gasteiger partial charge is 0.229 e. The summed E-state index contributed by atoms with van der Waals surface area (Å²) in [6.45, 7) is 2.11. The molecule has 0 aliphatic carbocycles. The van der Waals surface area contributed by atoms with Gasteiger partial charge in [-0.2, -0.15) is 0 Å². The van der Waals surface area contributed by atoms with E-state index in [0.717, 1.165) is 28.8 Å². The Hall–Kier alpha value is -2.17. The van der Waals surface area contributed by atoms with Gasteiger partial charge in [0.25, 0.3) is 0 Å². The van der Waals surface area contributed by atoms with Crippen LogP contribution in [0.15, 0.2) is 17.1 Å². The molecule has 0 bridgehead atoms. The number of H-pyrrole nitrogens is 1. The number of nitrogens with zero attached hydrogens (tertiary/aromatic N) is 1. The van der Waals surface area contributed by atoms with E-state index in [4.69, 9.17) is 14.2 Å². The van der Waals surface area contributed by atoms with Gasteiger partial charge in [0, 0.05) is 11.9 Å². The van der Waals surface area contributed by atoms with E-state index in [1.807, 2.05) is 13.0 Å². The Morgan fingerprint density at radius 1 is 1.21 bits per heavy atom. The molecule has 0 radical (unpaired) electrons. The van der Waals surface area contributed by atoms with Crippen molar-refractivity contribution in [2.45, 2.75) is 44.1 Å². The summed E-state index contributed by atoms with van der Waals surface area (Å²) in [6.07, 6.45) is -6.05. The molecule has 1 aromatic carbocycles. The van der Waals surface area contributed by atoms with E-state index in [-0.39, 0.29) is 0 Å². The van der Waals surface area contributed by atoms with Crippen molar-refractivity contribution in [3.05, 3.63) is 23.4 Å². The third kappa shape index (κ3) is 2.96. The zero-order valence-corrected chi connectivity index (χ0v) is 15.6. The first-order valence-corrected chi connectivity index (χ1v) is 9.16. The molecule has 1 saturated heterocycles. The molecule has 152 valence electrons. The molecule has 2 aromatic rings. The van der Waals surface area contributed by atoms with Gasteiger partial charge in [-0.15, -0.1) is 0 Å². The lowest BCUT2D eigenvalue weighted by atomic mass is 9.99. The lowest BCUT2D eigenvalue weighted by Crippen LogP contribution is -2.60. The van der Waals surface area contributed by atoms with E-state index < -0.39 is 37.3 Å². The fraction of sp³-hybridized carbons (Fsp3) is 0.526. The highest BCUT2D eigenvalue weighted by molar-refractivity contribution is 6.06. The Morgan fingerprint density at radius 3 is 2.71 bits per heavy atom. The van der Waals surface area contributed by atoms with Crippen LogP contribution in [0.2, 0.25) is 0 Å². The summed E-state index contributed by atoms with van der Waals surface area (Å²) in [4.78, 5) is 7.79. The van der Waals surface area contributed by atoms with Crippen LogP contribution in [0.1, 0.15) is 18.2 Å². The highest BCUT2D eigenvalue weighted by Crippen LogP contribution is 2.40. The second-order valence-corrected chi connectivity index (χ2v) is 7.03. The second-order valence-electron chi connectivity index (χ2n) is 7.03. The molecule has 1 fully saturated rings. The predicted octanol–water partition coefficient (Wildman–Crippen LogP) is -0.280. The van der Waals surface area contributed by atoms with E-state index in [2.05, 4.69) is 9.98 Å². The number of hydrogen-bond acceptors (Lipinski definition) is 8. The number of nitrogens with one attached hydrogen (secondary N) is 1. The first-order chi connectivity index (χ1) is 13.5. The number of methoxy groups -OCH3 is 1. The molecule has 3 heterocycles. The van der Waals surface area contributed by atoms with Gasteiger partial charge in [0.1, 0.15) is 24.4 Å². The van der Waals surface area contributed by atoms with Crippen molar-refractivity contribution in [3.63, 3.8) is 0 Å². The maximum absolute atomic E-state index is 10.3. The van der Waals surface area contributed by atoms with Gasteiger partial charge in [0.2, 0.25) is 6.29 Å². The lowest BCUT2D eigenvalue weighted by Gasteiger charge is -2.39. The Kier molecular flexibility index (Phi) is 5.02. The number of aliphatic hydroxyl groups excluding tert-OH is 4. The van der Waals surface area contributed by atoms with Gasteiger partial charge in [-0.3, -0.25) is 4.99 Å². The largest absolute Gasteiger partial charge is 0.493 e. The molecule has 0 amide bonds. The van der Waals surface area contributed by atoms with Crippen LogP contribution in [0.3, 0.4) is 0 Å². The molecule has 0 spiro atoms. The normalized spacial score (nSPS) is 30.1. The van der Waals surface area contributed by atoms with Crippen molar-refractivity contribution < 1.29 is 34.6 Å². The molecule has 2 aliphatic rings. The zero-order chi connectivity index (χ0) is 20.0. The molecular weight excluding hydrogens is 368 g/mol. The number of aromatic amines is 1. The summed E-state index contributed by atoms with van der Waals surface area (Å²) in [5.74, 6) is 0.726. The summed E-state index contributed by atoms with van der Waals surface area (Å²) in [6, 6.07) is 3.69. The molecular formula is C19H24N2O7. The van der Waals surface area contributed by atoms with Crippen LogP contribution in [0, 0.1) is 0 Å². The molecule has 5 N–H and O–H groups in total. The summed E-state index contributed by atoms with van der Waals surface area (Å²) >= 11 is 0. The molecule has 4 rings (SSSR count). The third-order valence-electron chi connectivity index (χ3n) is 5.37. The summed E-state index contributed by atoms with van der Waals surface area (Å²) in [7, 11) is 1.50. The Labute approximate surface area is 161 Å². The topological polar surface area (TPSA) is 137 Å². The highest BCUT2D eigenvalue weighted by Gasteiger charge is 2.45. The van der Waals surface area contributed by atoms with E-state index in [9.17, 15) is 20.4 Å². The summed E-state index contributed by atoms with van der Waals surface area (Å²) in [5.41, 5.74) is 3.62. The number of fused-ring (bicyclic) bond motifs is 3. The molecule has 0 saturated carbocycles. The van der Waals surface area contributed by atoms with Crippen LogP contribution in [0.25, 0.3) is 10.9 Å². The lowest BCUT2D eigenvalue weighted by molar-refractivity contribution is -0.277. The predicted molar refractivity (Wildman–Crippen MR) is 100 cm³/mol. The van der Waals surface area contributed by atoms with Gasteiger partial charge in [-0.25, -0.2) is 0 Å². The van der Waals surface area contributed by atoms with Crippen molar-refractivity contribution in [1.82, 2.24) is 4.98 Å². The standard InChI is InChI=1S/C19H24N2O7/c1-8-13-10(5-6-20-8)9-3-4-11(26-2)18(14(9)21-13)28-19-17(25)16(24)15(23)12(7-22)27-19/h3-4,12,15-17,19,21-25H,5-7H2,1-2H3. The number of aromatic nitrogens is 1. The average molecular weight is 392 g/mol. The number of rotatable bonds is 4. The van der Waals surface area contributed by atoms with Crippen LogP contribution in [-0.2, 0) is 11.2 Å². The number of hydrogen-bond donors (Lipinski definition) is 5. The monoisotopic (exact) mass is 392 g/mol. The molecule has 1 aromatic heterocycles. The van der Waals surface area contributed by atoms with Crippen molar-refractivity contribution in [2.24, 2.45) is 4.99 Å². The van der Waals surface area contributed by atoms with Gasteiger partial charge in [-0.1, -0.05) is 0 Å². The second kappa shape index (κ2) is 7.34. The van der Waals surface area contributed by atoms with Crippen LogP contribution in [0.5, 0.6) is 11.5 Å². The minimum absolute atomic E-state index is 0.312. The van der Waals surface area contributed by atoms with Gasteiger partial charge in [0.15, 0.2) is 11.5 Å². The maximum atomic E-state index is 10.3. The fourth-order valence-corrected chi connectivity index (χ4v) is 3.82. The number of aliphatic hydroxyl groups is 4. The van der Waals surface area contributed by atoms with E-state index in [1.54, 1.807) is 6.07 Å². The first kappa shape index (κ1) is 19.2. The first-order valence-electron chi connectivity index (χ1n) is 9.16. The third-order valence-corrected chi connectivity index (χ3v) is 5.37. The van der Waals surface area contributed by atoms with Crippen LogP contribution in [0.4, 0.5) is 0 Å². The van der Waals surface area contributed by atoms with Crippen LogP contribution < -0.4 is 9.47 Å². The van der Waals surface area contributed by atoms with Gasteiger partial charge >= 0.3 is 0 Å². The minimum Gasteiger partial charge on any atom is -0.493 e. The Bertz CT molecular complexity index is 907. The number of benzene rings is 1. The average Bonchev–Trinajstić information content (AvgIpc) is 3.09. The van der Waals surface area contributed by atoms with E-state index >= 15 is 0 Å². The van der Waals surface area contributed by atoms with Crippen molar-refractivity contribution in [2.75, 3.05) is 20.3 Å². The molecule has 2 aliphatic heterocycles. The summed E-state index contributed by atoms with van der Waals surface area (Å²) in [5, 5.41) is 40.6. The Morgan fingerprint density at radius 2 is 2.00 bits per heavy atom. The maximum Gasteiger partial charge on any atom is 0.229 e. The van der Waals surface area contributed by atoms with Crippen molar-refractivity contribution >= 4 is 16.6 Å². The Balaban J connectivity index is 1.76. The van der Waals surface area contributed by atoms with Crippen LogP contribution >= 0.6 is 0 Å². The minimum atomic E-state index is -1.52. The number of ether oxygens (including phenoxy) is 3. The van der Waals surface area contributed by atoms with Gasteiger partial charge in [0.05, 0.1) is 30.6 Å². The molecule has 5 atom stereocenters. The highest BCUT2D eigenvalue weighted by atomic mass is 16.7. The van der Waals surface area contributed by atoms with Gasteiger partial charge < -0.3 is 39.6 Å². The molecule has 9 nitrogen and oxygen atoms in total. The van der Waals surface area contributed by atoms with Crippen molar-refractivity contribution in [1.29, 1.82) is 0 Å². The van der Waals surface area contributed by atoms with Gasteiger partial charge in [-0.05, 0) is 31.0 Å². The molecule has 5 unspecified atom stereocenters. The van der Waals surface area contributed by atoms with Crippen molar-refractivity contribution in [3.8, 4) is 11.5 Å². The van der Waals surface area contributed by atoms with E-state index in [0.29, 0.717) is 23.6 Å². The fourth-order valence-electron chi connectivity index (χ4n) is 3.82. The number of aliphatic imine (C=N–C) groups is 1. The zero-order valence-electron chi connectivity index (χ0n) is 15.6. The summed E-state index contributed by atoms with van der Waals surface area (Å²) < 4.78 is 16.8.